The molecule has 4 amide bonds. The molecular formula is C19H13ClN2O6. The largest absolute Gasteiger partial charge is 0.497 e. The molecule has 28 heavy (non-hydrogen) atoms. The highest BCUT2D eigenvalue weighted by Crippen LogP contribution is 2.38. The van der Waals surface area contributed by atoms with Gasteiger partial charge in [-0.05, 0) is 29.8 Å². The molecule has 142 valence electrons. The number of benzene rings is 2. The van der Waals surface area contributed by atoms with Gasteiger partial charge in [-0.15, -0.1) is 0 Å². The van der Waals surface area contributed by atoms with E-state index < -0.39 is 17.8 Å². The Kier molecular flexibility index (Phi) is 4.40. The first-order chi connectivity index (χ1) is 13.5. The molecule has 2 aromatic rings. The number of nitrogens with zero attached hydrogens (tertiary/aromatic N) is 1. The molecule has 9 heteroatoms. The lowest BCUT2D eigenvalue weighted by molar-refractivity contribution is -0.122. The lowest BCUT2D eigenvalue weighted by Crippen LogP contribution is -2.54. The highest BCUT2D eigenvalue weighted by Gasteiger charge is 2.37. The van der Waals surface area contributed by atoms with Gasteiger partial charge in [0.2, 0.25) is 6.79 Å². The van der Waals surface area contributed by atoms with Crippen LogP contribution < -0.4 is 24.4 Å². The first-order valence-corrected chi connectivity index (χ1v) is 8.50. The van der Waals surface area contributed by atoms with Gasteiger partial charge in [-0.3, -0.25) is 14.9 Å². The van der Waals surface area contributed by atoms with E-state index in [4.69, 9.17) is 25.8 Å². The molecule has 0 unspecified atom stereocenters. The lowest BCUT2D eigenvalue weighted by Gasteiger charge is -2.26. The monoisotopic (exact) mass is 400 g/mol. The van der Waals surface area contributed by atoms with Gasteiger partial charge in [-0.1, -0.05) is 17.7 Å². The SMILES string of the molecule is COc1cccc(N2C(=O)NC(=O)C(=Cc3cc4c(cc3Cl)OCO4)C2=O)c1. The van der Waals surface area contributed by atoms with Crippen molar-refractivity contribution < 1.29 is 28.6 Å². The highest BCUT2D eigenvalue weighted by molar-refractivity contribution is 6.40. The van der Waals surface area contributed by atoms with Crippen molar-refractivity contribution in [1.82, 2.24) is 5.32 Å². The second-order valence-corrected chi connectivity index (χ2v) is 6.29. The zero-order valence-electron chi connectivity index (χ0n) is 14.5. The number of nitrogens with one attached hydrogen (secondary N) is 1. The van der Waals surface area contributed by atoms with Crippen molar-refractivity contribution in [2.75, 3.05) is 18.8 Å². The molecule has 4 rings (SSSR count). The van der Waals surface area contributed by atoms with Crippen molar-refractivity contribution in [3.05, 3.63) is 52.6 Å². The summed E-state index contributed by atoms with van der Waals surface area (Å²) in [6.45, 7) is 0.0588. The van der Waals surface area contributed by atoms with Crippen LogP contribution >= 0.6 is 11.6 Å². The van der Waals surface area contributed by atoms with E-state index in [1.807, 2.05) is 0 Å². The average molecular weight is 401 g/mol. The van der Waals surface area contributed by atoms with Gasteiger partial charge < -0.3 is 14.2 Å². The summed E-state index contributed by atoms with van der Waals surface area (Å²) in [6.07, 6.45) is 1.31. The third-order valence-electron chi connectivity index (χ3n) is 4.20. The third kappa shape index (κ3) is 3.03. The summed E-state index contributed by atoms with van der Waals surface area (Å²) in [5.74, 6) is -0.224. The minimum atomic E-state index is -0.850. The van der Waals surface area contributed by atoms with Gasteiger partial charge in [-0.2, -0.15) is 0 Å². The Morgan fingerprint density at radius 1 is 1.14 bits per heavy atom. The Balaban J connectivity index is 1.75. The summed E-state index contributed by atoms with van der Waals surface area (Å²) in [7, 11) is 1.47. The Morgan fingerprint density at radius 2 is 1.89 bits per heavy atom. The van der Waals surface area contributed by atoms with Crippen molar-refractivity contribution in [2.45, 2.75) is 0 Å². The Labute approximate surface area is 164 Å². The Bertz CT molecular complexity index is 1050. The van der Waals surface area contributed by atoms with Crippen LogP contribution in [0.3, 0.4) is 0 Å². The first kappa shape index (κ1) is 17.9. The number of amides is 4. The van der Waals surface area contributed by atoms with Crippen LogP contribution in [0, 0.1) is 0 Å². The molecule has 0 saturated carbocycles. The molecule has 2 heterocycles. The van der Waals surface area contributed by atoms with E-state index in [1.165, 1.54) is 25.3 Å². The smallest absolute Gasteiger partial charge is 0.335 e. The molecule has 0 atom stereocenters. The summed E-state index contributed by atoms with van der Waals surface area (Å²) in [6, 6.07) is 8.61. The van der Waals surface area contributed by atoms with Gasteiger partial charge in [0.05, 0.1) is 17.8 Å². The van der Waals surface area contributed by atoms with E-state index in [1.54, 1.807) is 24.3 Å². The number of hydrogen-bond acceptors (Lipinski definition) is 6. The van der Waals surface area contributed by atoms with E-state index in [0.29, 0.717) is 22.8 Å². The fourth-order valence-electron chi connectivity index (χ4n) is 2.84. The van der Waals surface area contributed by atoms with Crippen molar-refractivity contribution in [3.63, 3.8) is 0 Å². The predicted octanol–water partition coefficient (Wildman–Crippen LogP) is 2.74. The Hall–Kier alpha value is -3.52. The molecule has 0 bridgehead atoms. The van der Waals surface area contributed by atoms with E-state index in [0.717, 1.165) is 4.90 Å². The number of urea groups is 1. The number of imide groups is 2. The molecule has 1 N–H and O–H groups in total. The normalized spacial score (nSPS) is 17.1. The second kappa shape index (κ2) is 6.90. The third-order valence-corrected chi connectivity index (χ3v) is 4.53. The minimum Gasteiger partial charge on any atom is -0.497 e. The number of carbonyl (C=O) groups is 3. The number of barbiturate groups is 1. The number of halogens is 1. The fourth-order valence-corrected chi connectivity index (χ4v) is 3.05. The van der Waals surface area contributed by atoms with Gasteiger partial charge >= 0.3 is 6.03 Å². The van der Waals surface area contributed by atoms with Gasteiger partial charge in [0, 0.05) is 12.1 Å². The number of carbonyl (C=O) groups excluding carboxylic acids is 3. The standard InChI is InChI=1S/C19H13ClN2O6/c1-26-12-4-2-3-11(7-12)22-18(24)13(17(23)21-19(22)25)5-10-6-15-16(8-14(10)20)28-9-27-15/h2-8H,9H2,1H3,(H,21,23,25). The molecule has 0 aromatic heterocycles. The molecule has 2 aliphatic rings. The van der Waals surface area contributed by atoms with E-state index >= 15 is 0 Å². The van der Waals surface area contributed by atoms with Crippen molar-refractivity contribution in [2.24, 2.45) is 0 Å². The van der Waals surface area contributed by atoms with Crippen LogP contribution in [0.4, 0.5) is 10.5 Å². The number of anilines is 1. The van der Waals surface area contributed by atoms with Crippen molar-refractivity contribution in [1.29, 1.82) is 0 Å². The van der Waals surface area contributed by atoms with Crippen LogP contribution in [0.25, 0.3) is 6.08 Å². The van der Waals surface area contributed by atoms with Crippen LogP contribution in [0.15, 0.2) is 42.0 Å². The quantitative estimate of drug-likeness (QED) is 0.629. The second-order valence-electron chi connectivity index (χ2n) is 5.89. The maximum Gasteiger partial charge on any atom is 0.335 e. The van der Waals surface area contributed by atoms with Crippen LogP contribution in [-0.4, -0.2) is 31.7 Å². The summed E-state index contributed by atoms with van der Waals surface area (Å²) < 4.78 is 15.7. The number of methoxy groups -OCH3 is 1. The molecule has 0 spiro atoms. The maximum atomic E-state index is 12.9. The lowest BCUT2D eigenvalue weighted by atomic mass is 10.1. The van der Waals surface area contributed by atoms with E-state index in [-0.39, 0.29) is 23.1 Å². The molecule has 8 nitrogen and oxygen atoms in total. The van der Waals surface area contributed by atoms with Crippen LogP contribution in [-0.2, 0) is 9.59 Å². The zero-order chi connectivity index (χ0) is 19.8. The number of rotatable bonds is 3. The minimum absolute atomic E-state index is 0.0588. The summed E-state index contributed by atoms with van der Waals surface area (Å²) in [5, 5.41) is 2.42. The summed E-state index contributed by atoms with van der Waals surface area (Å²) in [4.78, 5) is 38.4. The number of fused-ring (bicyclic) bond motifs is 1. The zero-order valence-corrected chi connectivity index (χ0v) is 15.3. The van der Waals surface area contributed by atoms with Crippen molar-refractivity contribution in [3.8, 4) is 17.2 Å². The number of hydrogen-bond donors (Lipinski definition) is 1. The summed E-state index contributed by atoms with van der Waals surface area (Å²) >= 11 is 6.22. The van der Waals surface area contributed by atoms with Crippen LogP contribution in [0.2, 0.25) is 5.02 Å². The first-order valence-electron chi connectivity index (χ1n) is 8.12. The molecule has 2 aromatic carbocycles. The van der Waals surface area contributed by atoms with Gasteiger partial charge in [-0.25, -0.2) is 9.69 Å². The maximum absolute atomic E-state index is 12.9. The molecule has 1 fully saturated rings. The molecule has 1 saturated heterocycles. The highest BCUT2D eigenvalue weighted by atomic mass is 35.5. The van der Waals surface area contributed by atoms with Crippen molar-refractivity contribution >= 4 is 41.2 Å². The average Bonchev–Trinajstić information content (AvgIpc) is 3.12. The van der Waals surface area contributed by atoms with Gasteiger partial charge in [0.1, 0.15) is 11.3 Å². The predicted molar refractivity (Wildman–Crippen MR) is 99.6 cm³/mol. The number of ether oxygens (including phenoxy) is 3. The molecule has 0 radical (unpaired) electrons. The van der Waals surface area contributed by atoms with Gasteiger partial charge in [0.15, 0.2) is 11.5 Å². The Morgan fingerprint density at radius 3 is 2.64 bits per heavy atom. The molecule has 0 aliphatic carbocycles. The summed E-state index contributed by atoms with van der Waals surface area (Å²) in [5.41, 5.74) is 0.393. The molecule has 2 aliphatic heterocycles. The topological polar surface area (TPSA) is 94.2 Å². The van der Waals surface area contributed by atoms with Crippen LogP contribution in [0.1, 0.15) is 5.56 Å². The van der Waals surface area contributed by atoms with Crippen LogP contribution in [0.5, 0.6) is 17.2 Å². The van der Waals surface area contributed by atoms with E-state index in [9.17, 15) is 14.4 Å². The van der Waals surface area contributed by atoms with Gasteiger partial charge in [0.25, 0.3) is 11.8 Å². The molecular weight excluding hydrogens is 388 g/mol. The van der Waals surface area contributed by atoms with E-state index in [2.05, 4.69) is 5.32 Å². The fraction of sp³-hybridized carbons (Fsp3) is 0.105.